The Morgan fingerprint density at radius 1 is 1.04 bits per heavy atom. The van der Waals surface area contributed by atoms with Crippen LogP contribution in [0.4, 0.5) is 0 Å². The molecule has 5 heteroatoms. The van der Waals surface area contributed by atoms with Crippen molar-refractivity contribution in [2.75, 3.05) is 20.8 Å². The molecule has 0 spiro atoms. The predicted molar refractivity (Wildman–Crippen MR) is 88.0 cm³/mol. The smallest absolute Gasteiger partial charge is 0.258 e. The van der Waals surface area contributed by atoms with Gasteiger partial charge in [0.2, 0.25) is 0 Å². The molecule has 122 valence electrons. The first kappa shape index (κ1) is 16.7. The maximum absolute atomic E-state index is 12.0. The van der Waals surface area contributed by atoms with Crippen molar-refractivity contribution in [3.05, 3.63) is 54.1 Å². The van der Waals surface area contributed by atoms with Gasteiger partial charge in [0.05, 0.1) is 20.3 Å². The van der Waals surface area contributed by atoms with Crippen LogP contribution < -0.4 is 19.5 Å². The Bertz CT molecular complexity index is 657. The SMILES string of the molecule is COc1cccc(OCC(=O)NC(C)c2ccccc2OC)c1. The fourth-order valence-corrected chi connectivity index (χ4v) is 2.22. The molecule has 2 rings (SSSR count). The highest BCUT2D eigenvalue weighted by Crippen LogP contribution is 2.24. The van der Waals surface area contributed by atoms with Crippen molar-refractivity contribution in [2.45, 2.75) is 13.0 Å². The Hall–Kier alpha value is -2.69. The molecule has 5 nitrogen and oxygen atoms in total. The molecule has 0 aliphatic carbocycles. The van der Waals surface area contributed by atoms with Gasteiger partial charge in [-0.1, -0.05) is 24.3 Å². The van der Waals surface area contributed by atoms with Crippen LogP contribution in [0.2, 0.25) is 0 Å². The number of amides is 1. The summed E-state index contributed by atoms with van der Waals surface area (Å²) >= 11 is 0. The van der Waals surface area contributed by atoms with E-state index < -0.39 is 0 Å². The molecule has 0 heterocycles. The fourth-order valence-electron chi connectivity index (χ4n) is 2.22. The summed E-state index contributed by atoms with van der Waals surface area (Å²) in [6, 6.07) is 14.6. The van der Waals surface area contributed by atoms with Crippen molar-refractivity contribution in [1.82, 2.24) is 5.32 Å². The van der Waals surface area contributed by atoms with Gasteiger partial charge in [0.1, 0.15) is 17.2 Å². The highest BCUT2D eigenvalue weighted by molar-refractivity contribution is 5.78. The number of hydrogen-bond acceptors (Lipinski definition) is 4. The summed E-state index contributed by atoms with van der Waals surface area (Å²) in [5.41, 5.74) is 0.921. The first-order valence-electron chi connectivity index (χ1n) is 7.33. The third kappa shape index (κ3) is 4.64. The fraction of sp³-hybridized carbons (Fsp3) is 0.278. The number of carbonyl (C=O) groups is 1. The number of hydrogen-bond donors (Lipinski definition) is 1. The van der Waals surface area contributed by atoms with E-state index in [1.54, 1.807) is 26.4 Å². The lowest BCUT2D eigenvalue weighted by Crippen LogP contribution is -2.31. The van der Waals surface area contributed by atoms with Crippen LogP contribution in [0.3, 0.4) is 0 Å². The molecule has 0 aliphatic heterocycles. The first-order valence-corrected chi connectivity index (χ1v) is 7.33. The predicted octanol–water partition coefficient (Wildman–Crippen LogP) is 2.96. The maximum Gasteiger partial charge on any atom is 0.258 e. The van der Waals surface area contributed by atoms with Crippen LogP contribution in [0.15, 0.2) is 48.5 Å². The van der Waals surface area contributed by atoms with Crippen LogP contribution in [0.1, 0.15) is 18.5 Å². The molecule has 2 aromatic carbocycles. The number of nitrogens with one attached hydrogen (secondary N) is 1. The van der Waals surface area contributed by atoms with Crippen LogP contribution in [-0.2, 0) is 4.79 Å². The molecular formula is C18H21NO4. The van der Waals surface area contributed by atoms with Gasteiger partial charge in [-0.05, 0) is 25.1 Å². The van der Waals surface area contributed by atoms with Gasteiger partial charge in [-0.15, -0.1) is 0 Å². The number of carbonyl (C=O) groups excluding carboxylic acids is 1. The molecule has 0 aliphatic rings. The van der Waals surface area contributed by atoms with E-state index >= 15 is 0 Å². The number of rotatable bonds is 7. The van der Waals surface area contributed by atoms with Crippen molar-refractivity contribution in [2.24, 2.45) is 0 Å². The third-order valence-corrected chi connectivity index (χ3v) is 3.39. The average molecular weight is 315 g/mol. The van der Waals surface area contributed by atoms with Gasteiger partial charge in [0.25, 0.3) is 5.91 Å². The lowest BCUT2D eigenvalue weighted by molar-refractivity contribution is -0.123. The highest BCUT2D eigenvalue weighted by atomic mass is 16.5. The summed E-state index contributed by atoms with van der Waals surface area (Å²) in [5.74, 6) is 1.81. The van der Waals surface area contributed by atoms with E-state index in [0.29, 0.717) is 11.5 Å². The van der Waals surface area contributed by atoms with E-state index in [1.807, 2.05) is 43.3 Å². The molecule has 0 fully saturated rings. The number of ether oxygens (including phenoxy) is 3. The van der Waals surface area contributed by atoms with Gasteiger partial charge >= 0.3 is 0 Å². The summed E-state index contributed by atoms with van der Waals surface area (Å²) in [6.07, 6.45) is 0. The maximum atomic E-state index is 12.0. The minimum atomic E-state index is -0.203. The molecule has 0 aromatic heterocycles. The standard InChI is InChI=1S/C18H21NO4/c1-13(16-9-4-5-10-17(16)22-3)19-18(20)12-23-15-8-6-7-14(11-15)21-2/h4-11,13H,12H2,1-3H3,(H,19,20). The molecule has 2 aromatic rings. The van der Waals surface area contributed by atoms with Gasteiger partial charge in [0, 0.05) is 11.6 Å². The Kier molecular flexibility index (Phi) is 5.86. The van der Waals surface area contributed by atoms with Crippen molar-refractivity contribution >= 4 is 5.91 Å². The first-order chi connectivity index (χ1) is 11.1. The third-order valence-electron chi connectivity index (χ3n) is 3.39. The van der Waals surface area contributed by atoms with Crippen molar-refractivity contribution in [1.29, 1.82) is 0 Å². The van der Waals surface area contributed by atoms with Crippen LogP contribution >= 0.6 is 0 Å². The zero-order chi connectivity index (χ0) is 16.7. The van der Waals surface area contributed by atoms with E-state index in [9.17, 15) is 4.79 Å². The minimum Gasteiger partial charge on any atom is -0.497 e. The quantitative estimate of drug-likeness (QED) is 0.853. The summed E-state index contributed by atoms with van der Waals surface area (Å²) < 4.78 is 15.9. The molecule has 1 unspecified atom stereocenters. The second-order valence-corrected chi connectivity index (χ2v) is 5.00. The van der Waals surface area contributed by atoms with E-state index in [-0.39, 0.29) is 18.6 Å². The molecule has 0 saturated carbocycles. The second-order valence-electron chi connectivity index (χ2n) is 5.00. The number of benzene rings is 2. The largest absolute Gasteiger partial charge is 0.497 e. The Morgan fingerprint density at radius 3 is 2.52 bits per heavy atom. The summed E-state index contributed by atoms with van der Waals surface area (Å²) in [5, 5.41) is 2.89. The molecule has 23 heavy (non-hydrogen) atoms. The van der Waals surface area contributed by atoms with E-state index in [2.05, 4.69) is 5.32 Å². The van der Waals surface area contributed by atoms with E-state index in [0.717, 1.165) is 11.3 Å². The molecule has 1 N–H and O–H groups in total. The molecular weight excluding hydrogens is 294 g/mol. The molecule has 1 atom stereocenters. The van der Waals surface area contributed by atoms with Gasteiger partial charge in [0.15, 0.2) is 6.61 Å². The normalized spacial score (nSPS) is 11.4. The highest BCUT2D eigenvalue weighted by Gasteiger charge is 2.14. The Labute approximate surface area is 136 Å². The van der Waals surface area contributed by atoms with E-state index in [1.165, 1.54) is 0 Å². The Morgan fingerprint density at radius 2 is 1.78 bits per heavy atom. The summed E-state index contributed by atoms with van der Waals surface area (Å²) in [4.78, 5) is 12.0. The topological polar surface area (TPSA) is 56.8 Å². The van der Waals surface area contributed by atoms with Crippen LogP contribution in [0, 0.1) is 0 Å². The Balaban J connectivity index is 1.91. The molecule has 1 amide bonds. The van der Waals surface area contributed by atoms with Crippen molar-refractivity contribution in [3.8, 4) is 17.2 Å². The summed E-state index contributed by atoms with van der Waals surface area (Å²) in [7, 11) is 3.19. The van der Waals surface area contributed by atoms with Gasteiger partial charge in [-0.2, -0.15) is 0 Å². The van der Waals surface area contributed by atoms with Gasteiger partial charge in [-0.3, -0.25) is 4.79 Å². The number of para-hydroxylation sites is 1. The van der Waals surface area contributed by atoms with Gasteiger partial charge < -0.3 is 19.5 Å². The monoisotopic (exact) mass is 315 g/mol. The van der Waals surface area contributed by atoms with Gasteiger partial charge in [-0.25, -0.2) is 0 Å². The van der Waals surface area contributed by atoms with Crippen LogP contribution in [0.5, 0.6) is 17.2 Å². The molecule has 0 saturated heterocycles. The average Bonchev–Trinajstić information content (AvgIpc) is 2.60. The lowest BCUT2D eigenvalue weighted by Gasteiger charge is -2.17. The zero-order valence-electron chi connectivity index (χ0n) is 13.5. The minimum absolute atomic E-state index is 0.0628. The van der Waals surface area contributed by atoms with Crippen LogP contribution in [0.25, 0.3) is 0 Å². The number of methoxy groups -OCH3 is 2. The molecule has 0 bridgehead atoms. The van der Waals surface area contributed by atoms with Crippen molar-refractivity contribution < 1.29 is 19.0 Å². The molecule has 0 radical (unpaired) electrons. The summed E-state index contributed by atoms with van der Waals surface area (Å²) in [6.45, 7) is 1.84. The lowest BCUT2D eigenvalue weighted by atomic mass is 10.1. The van der Waals surface area contributed by atoms with Crippen LogP contribution in [-0.4, -0.2) is 26.7 Å². The van der Waals surface area contributed by atoms with Crippen molar-refractivity contribution in [3.63, 3.8) is 0 Å². The van der Waals surface area contributed by atoms with E-state index in [4.69, 9.17) is 14.2 Å². The zero-order valence-corrected chi connectivity index (χ0v) is 13.5. The second kappa shape index (κ2) is 8.08.